The number of aryl methyl sites for hydroxylation is 1. The van der Waals surface area contributed by atoms with Crippen molar-refractivity contribution in [2.24, 2.45) is 0 Å². The van der Waals surface area contributed by atoms with E-state index in [0.29, 0.717) is 25.9 Å². The number of nitrogens with zero attached hydrogens (tertiary/aromatic N) is 2. The predicted molar refractivity (Wildman–Crippen MR) is 95.0 cm³/mol. The number of rotatable bonds is 4. The zero-order chi connectivity index (χ0) is 16.9. The first-order chi connectivity index (χ1) is 11.6. The van der Waals surface area contributed by atoms with E-state index in [1.807, 2.05) is 35.2 Å². The van der Waals surface area contributed by atoms with Crippen LogP contribution in [0, 0.1) is 5.82 Å². The van der Waals surface area contributed by atoms with Gasteiger partial charge in [0.05, 0.1) is 0 Å². The fourth-order valence-electron chi connectivity index (χ4n) is 2.97. The van der Waals surface area contributed by atoms with Gasteiger partial charge in [0.25, 0.3) is 0 Å². The molecule has 2 aromatic rings. The lowest BCUT2D eigenvalue weighted by Gasteiger charge is -2.36. The van der Waals surface area contributed by atoms with Crippen LogP contribution in [-0.2, 0) is 11.2 Å². The Kier molecular flexibility index (Phi) is 5.36. The van der Waals surface area contributed by atoms with Gasteiger partial charge in [0.15, 0.2) is 0 Å². The predicted octanol–water partition coefficient (Wildman–Crippen LogP) is 3.76. The highest BCUT2D eigenvalue weighted by atomic mass is 35.5. The topological polar surface area (TPSA) is 23.6 Å². The number of carbonyl (C=O) groups excluding carboxylic acids is 1. The average molecular weight is 347 g/mol. The van der Waals surface area contributed by atoms with E-state index in [0.717, 1.165) is 29.4 Å². The first-order valence-electron chi connectivity index (χ1n) is 8.14. The number of amides is 1. The Morgan fingerprint density at radius 3 is 2.42 bits per heavy atom. The molecule has 3 nitrogen and oxygen atoms in total. The van der Waals surface area contributed by atoms with Crippen molar-refractivity contribution in [2.75, 3.05) is 31.1 Å². The van der Waals surface area contributed by atoms with Crippen LogP contribution in [0.5, 0.6) is 0 Å². The summed E-state index contributed by atoms with van der Waals surface area (Å²) in [5.41, 5.74) is 1.99. The minimum absolute atomic E-state index is 0.134. The molecule has 0 unspecified atom stereocenters. The second kappa shape index (κ2) is 7.67. The van der Waals surface area contributed by atoms with Crippen molar-refractivity contribution >= 4 is 23.2 Å². The van der Waals surface area contributed by atoms with Gasteiger partial charge in [-0.05, 0) is 48.4 Å². The fourth-order valence-corrected chi connectivity index (χ4v) is 3.09. The highest BCUT2D eigenvalue weighted by Crippen LogP contribution is 2.19. The molecule has 1 amide bonds. The van der Waals surface area contributed by atoms with E-state index in [9.17, 15) is 9.18 Å². The van der Waals surface area contributed by atoms with Gasteiger partial charge in [0.2, 0.25) is 5.91 Å². The first kappa shape index (κ1) is 16.8. The number of hydrogen-bond donors (Lipinski definition) is 0. The molecule has 0 aromatic heterocycles. The molecule has 0 atom stereocenters. The van der Waals surface area contributed by atoms with Crippen LogP contribution in [0.25, 0.3) is 0 Å². The number of hydrogen-bond acceptors (Lipinski definition) is 2. The highest BCUT2D eigenvalue weighted by molar-refractivity contribution is 6.30. The summed E-state index contributed by atoms with van der Waals surface area (Å²) in [6.45, 7) is 3.05. The number of anilines is 1. The molecule has 0 N–H and O–H groups in total. The molecule has 126 valence electrons. The minimum Gasteiger partial charge on any atom is -0.368 e. The van der Waals surface area contributed by atoms with Gasteiger partial charge < -0.3 is 9.80 Å². The molecule has 1 saturated heterocycles. The molecule has 0 saturated carbocycles. The zero-order valence-corrected chi connectivity index (χ0v) is 14.2. The summed E-state index contributed by atoms with van der Waals surface area (Å²) >= 11 is 5.92. The molecule has 5 heteroatoms. The third-order valence-corrected chi connectivity index (χ3v) is 4.59. The molecule has 1 heterocycles. The van der Waals surface area contributed by atoms with Crippen molar-refractivity contribution in [1.82, 2.24) is 4.90 Å². The Bertz CT molecular complexity index is 697. The Hall–Kier alpha value is -2.07. The summed E-state index contributed by atoms with van der Waals surface area (Å²) in [6, 6.07) is 14.2. The molecule has 0 spiro atoms. The van der Waals surface area contributed by atoms with Gasteiger partial charge in [0.1, 0.15) is 5.82 Å². The van der Waals surface area contributed by atoms with Crippen LogP contribution in [0.4, 0.5) is 10.1 Å². The van der Waals surface area contributed by atoms with E-state index < -0.39 is 0 Å². The third kappa shape index (κ3) is 4.26. The quantitative estimate of drug-likeness (QED) is 0.841. The van der Waals surface area contributed by atoms with Gasteiger partial charge in [-0.3, -0.25) is 4.79 Å². The lowest BCUT2D eigenvalue weighted by Crippen LogP contribution is -2.48. The number of halogens is 2. The molecule has 2 aromatic carbocycles. The maximum absolute atomic E-state index is 13.2. The number of piperazine rings is 1. The van der Waals surface area contributed by atoms with Gasteiger partial charge in [-0.25, -0.2) is 4.39 Å². The van der Waals surface area contributed by atoms with Gasteiger partial charge in [0, 0.05) is 43.3 Å². The average Bonchev–Trinajstić information content (AvgIpc) is 2.61. The molecule has 0 bridgehead atoms. The molecular formula is C19H20ClFN2O. The van der Waals surface area contributed by atoms with Crippen molar-refractivity contribution in [3.63, 3.8) is 0 Å². The van der Waals surface area contributed by atoms with Crippen LogP contribution < -0.4 is 4.90 Å². The van der Waals surface area contributed by atoms with Gasteiger partial charge >= 0.3 is 0 Å². The second-order valence-corrected chi connectivity index (χ2v) is 6.41. The standard InChI is InChI=1S/C19H20ClFN2O/c20-16-5-7-18(8-6-16)22-10-12-23(13-11-22)19(24)9-4-15-2-1-3-17(21)14-15/h1-3,5-8,14H,4,9-13H2. The summed E-state index contributed by atoms with van der Waals surface area (Å²) in [6.07, 6.45) is 0.998. The third-order valence-electron chi connectivity index (χ3n) is 4.34. The second-order valence-electron chi connectivity index (χ2n) is 5.97. The van der Waals surface area contributed by atoms with E-state index >= 15 is 0 Å². The molecule has 1 aliphatic rings. The number of carbonyl (C=O) groups is 1. The van der Waals surface area contributed by atoms with Gasteiger partial charge in [-0.15, -0.1) is 0 Å². The lowest BCUT2D eigenvalue weighted by atomic mass is 10.1. The molecule has 1 aliphatic heterocycles. The summed E-state index contributed by atoms with van der Waals surface area (Å²) in [7, 11) is 0. The Morgan fingerprint density at radius 1 is 1.04 bits per heavy atom. The SMILES string of the molecule is O=C(CCc1cccc(F)c1)N1CCN(c2ccc(Cl)cc2)CC1. The normalized spacial score (nSPS) is 14.8. The van der Waals surface area contributed by atoms with E-state index in [1.165, 1.54) is 12.1 Å². The Morgan fingerprint density at radius 2 is 1.75 bits per heavy atom. The zero-order valence-electron chi connectivity index (χ0n) is 13.4. The Labute approximate surface area is 146 Å². The van der Waals surface area contributed by atoms with Crippen molar-refractivity contribution in [3.8, 4) is 0 Å². The van der Waals surface area contributed by atoms with Crippen LogP contribution >= 0.6 is 11.6 Å². The van der Waals surface area contributed by atoms with Crippen LogP contribution in [0.3, 0.4) is 0 Å². The summed E-state index contributed by atoms with van der Waals surface area (Å²) in [5, 5.41) is 0.727. The van der Waals surface area contributed by atoms with E-state index in [-0.39, 0.29) is 11.7 Å². The van der Waals surface area contributed by atoms with Crippen LogP contribution in [0.1, 0.15) is 12.0 Å². The van der Waals surface area contributed by atoms with E-state index in [2.05, 4.69) is 4.90 Å². The lowest BCUT2D eigenvalue weighted by molar-refractivity contribution is -0.131. The molecule has 0 radical (unpaired) electrons. The van der Waals surface area contributed by atoms with Crippen molar-refractivity contribution < 1.29 is 9.18 Å². The summed E-state index contributed by atoms with van der Waals surface area (Å²) < 4.78 is 13.2. The Balaban J connectivity index is 1.49. The van der Waals surface area contributed by atoms with Crippen molar-refractivity contribution in [3.05, 3.63) is 64.9 Å². The molecule has 24 heavy (non-hydrogen) atoms. The van der Waals surface area contributed by atoms with E-state index in [4.69, 9.17) is 11.6 Å². The van der Waals surface area contributed by atoms with Crippen LogP contribution in [0.2, 0.25) is 5.02 Å². The monoisotopic (exact) mass is 346 g/mol. The molecule has 3 rings (SSSR count). The van der Waals surface area contributed by atoms with Crippen LogP contribution in [-0.4, -0.2) is 37.0 Å². The largest absolute Gasteiger partial charge is 0.368 e. The van der Waals surface area contributed by atoms with Gasteiger partial charge in [-0.1, -0.05) is 23.7 Å². The smallest absolute Gasteiger partial charge is 0.223 e. The fraction of sp³-hybridized carbons (Fsp3) is 0.316. The van der Waals surface area contributed by atoms with Gasteiger partial charge in [-0.2, -0.15) is 0 Å². The molecule has 0 aliphatic carbocycles. The summed E-state index contributed by atoms with van der Waals surface area (Å²) in [5.74, 6) is -0.119. The maximum atomic E-state index is 13.2. The van der Waals surface area contributed by atoms with Crippen LogP contribution in [0.15, 0.2) is 48.5 Å². The van der Waals surface area contributed by atoms with Crippen molar-refractivity contribution in [2.45, 2.75) is 12.8 Å². The molecular weight excluding hydrogens is 327 g/mol. The van der Waals surface area contributed by atoms with E-state index in [1.54, 1.807) is 6.07 Å². The van der Waals surface area contributed by atoms with Crippen molar-refractivity contribution in [1.29, 1.82) is 0 Å². The maximum Gasteiger partial charge on any atom is 0.223 e. The summed E-state index contributed by atoms with van der Waals surface area (Å²) in [4.78, 5) is 16.5. The molecule has 1 fully saturated rings. The number of benzene rings is 2. The highest BCUT2D eigenvalue weighted by Gasteiger charge is 2.21. The first-order valence-corrected chi connectivity index (χ1v) is 8.52. The minimum atomic E-state index is -0.253.